The van der Waals surface area contributed by atoms with E-state index in [0.29, 0.717) is 10.1 Å². The monoisotopic (exact) mass is 301 g/mol. The lowest BCUT2D eigenvalue weighted by Gasteiger charge is -2.20. The quantitative estimate of drug-likeness (QED) is 0.910. The number of amides is 1. The van der Waals surface area contributed by atoms with Gasteiger partial charge in [-0.05, 0) is 30.8 Å². The van der Waals surface area contributed by atoms with Gasteiger partial charge in [0.05, 0.1) is 0 Å². The van der Waals surface area contributed by atoms with Crippen LogP contribution in [0, 0.1) is 0 Å². The van der Waals surface area contributed by atoms with Crippen molar-refractivity contribution in [3.8, 4) is 0 Å². The van der Waals surface area contributed by atoms with Crippen molar-refractivity contribution in [1.82, 2.24) is 14.9 Å². The Morgan fingerprint density at radius 1 is 1.33 bits per heavy atom. The molecule has 108 valence electrons. The van der Waals surface area contributed by atoms with Gasteiger partial charge < -0.3 is 5.32 Å². The first-order valence-electron chi connectivity index (χ1n) is 6.65. The maximum absolute atomic E-state index is 12.4. The van der Waals surface area contributed by atoms with Crippen LogP contribution in [0.1, 0.15) is 19.7 Å². The minimum atomic E-state index is -0.150. The largest absolute Gasteiger partial charge is 0.321 e. The summed E-state index contributed by atoms with van der Waals surface area (Å²) in [6.45, 7) is 3.88. The molecular weight excluding hydrogens is 286 g/mol. The number of carbonyl (C=O) groups is 1. The summed E-state index contributed by atoms with van der Waals surface area (Å²) in [6, 6.07) is 9.38. The van der Waals surface area contributed by atoms with E-state index < -0.39 is 0 Å². The molecule has 0 saturated heterocycles. The number of anilines is 1. The molecule has 0 saturated carbocycles. The molecule has 1 aliphatic rings. The zero-order valence-electron chi connectivity index (χ0n) is 11.8. The van der Waals surface area contributed by atoms with Crippen LogP contribution >= 0.6 is 11.8 Å². The van der Waals surface area contributed by atoms with E-state index in [1.54, 1.807) is 0 Å². The third kappa shape index (κ3) is 2.64. The molecule has 2 N–H and O–H groups in total. The Bertz CT molecular complexity index is 707. The number of para-hydroxylation sites is 1. The summed E-state index contributed by atoms with van der Waals surface area (Å²) in [5.41, 5.74) is 4.72. The summed E-state index contributed by atoms with van der Waals surface area (Å²) < 4.78 is 1.82. The SMILES string of the molecule is CCc1nnc2n1NC(C)=C(C(=O)Nc1ccccc1)S2. The summed E-state index contributed by atoms with van der Waals surface area (Å²) in [6.07, 6.45) is 0.777. The Labute approximate surface area is 126 Å². The van der Waals surface area contributed by atoms with Crippen LogP contribution < -0.4 is 10.7 Å². The number of nitrogens with one attached hydrogen (secondary N) is 2. The van der Waals surface area contributed by atoms with Gasteiger partial charge in [-0.25, -0.2) is 4.68 Å². The third-order valence-electron chi connectivity index (χ3n) is 3.07. The molecule has 0 radical (unpaired) electrons. The Hall–Kier alpha value is -2.28. The highest BCUT2D eigenvalue weighted by atomic mass is 32.2. The van der Waals surface area contributed by atoms with Gasteiger partial charge in [-0.15, -0.1) is 10.2 Å². The number of nitrogens with zero attached hydrogens (tertiary/aromatic N) is 3. The molecule has 1 aliphatic heterocycles. The number of benzene rings is 1. The van der Waals surface area contributed by atoms with E-state index in [9.17, 15) is 4.79 Å². The van der Waals surface area contributed by atoms with Crippen molar-refractivity contribution in [2.45, 2.75) is 25.4 Å². The Morgan fingerprint density at radius 2 is 2.10 bits per heavy atom. The van der Waals surface area contributed by atoms with E-state index in [0.717, 1.165) is 23.6 Å². The van der Waals surface area contributed by atoms with E-state index in [2.05, 4.69) is 20.9 Å². The number of thioether (sulfide) groups is 1. The number of allylic oxidation sites excluding steroid dienone is 1. The summed E-state index contributed by atoms with van der Waals surface area (Å²) >= 11 is 1.32. The minimum absolute atomic E-state index is 0.150. The molecule has 1 aromatic heterocycles. The van der Waals surface area contributed by atoms with Gasteiger partial charge in [-0.3, -0.25) is 10.2 Å². The number of carbonyl (C=O) groups excluding carboxylic acids is 1. The van der Waals surface area contributed by atoms with Crippen molar-refractivity contribution in [3.63, 3.8) is 0 Å². The molecule has 21 heavy (non-hydrogen) atoms. The summed E-state index contributed by atoms with van der Waals surface area (Å²) in [7, 11) is 0. The standard InChI is InChI=1S/C14H15N5OS/c1-3-11-16-17-14-19(11)18-9(2)12(21-14)13(20)15-10-7-5-4-6-8-10/h4-8,18H,3H2,1-2H3,(H,15,20). The Morgan fingerprint density at radius 3 is 2.81 bits per heavy atom. The van der Waals surface area contributed by atoms with Crippen molar-refractivity contribution >= 4 is 23.4 Å². The molecule has 2 aromatic rings. The number of aromatic nitrogens is 3. The summed E-state index contributed by atoms with van der Waals surface area (Å²) in [5.74, 6) is 0.697. The lowest BCUT2D eigenvalue weighted by atomic mass is 10.3. The molecule has 2 heterocycles. The van der Waals surface area contributed by atoms with Crippen LogP contribution in [0.5, 0.6) is 0 Å². The van der Waals surface area contributed by atoms with Gasteiger partial charge >= 0.3 is 0 Å². The van der Waals surface area contributed by atoms with Gasteiger partial charge in [0, 0.05) is 17.8 Å². The first-order chi connectivity index (χ1) is 10.2. The number of aryl methyl sites for hydroxylation is 1. The number of fused-ring (bicyclic) bond motifs is 1. The van der Waals surface area contributed by atoms with Crippen LogP contribution in [0.2, 0.25) is 0 Å². The lowest BCUT2D eigenvalue weighted by molar-refractivity contribution is -0.112. The molecule has 3 rings (SSSR count). The maximum Gasteiger partial charge on any atom is 0.264 e. The highest BCUT2D eigenvalue weighted by Crippen LogP contribution is 2.32. The zero-order valence-corrected chi connectivity index (χ0v) is 12.6. The number of hydrogen-bond acceptors (Lipinski definition) is 5. The second kappa shape index (κ2) is 5.61. The molecule has 0 spiro atoms. The fraction of sp³-hybridized carbons (Fsp3) is 0.214. The van der Waals surface area contributed by atoms with Crippen molar-refractivity contribution in [2.24, 2.45) is 0 Å². The van der Waals surface area contributed by atoms with Gasteiger partial charge in [-0.1, -0.05) is 25.1 Å². The molecule has 1 amide bonds. The van der Waals surface area contributed by atoms with Crippen LogP contribution in [0.4, 0.5) is 5.69 Å². The van der Waals surface area contributed by atoms with Gasteiger partial charge in [0.25, 0.3) is 5.91 Å². The number of rotatable bonds is 3. The molecule has 0 fully saturated rings. The molecule has 0 bridgehead atoms. The smallest absolute Gasteiger partial charge is 0.264 e. The van der Waals surface area contributed by atoms with Gasteiger partial charge in [0.1, 0.15) is 4.91 Å². The van der Waals surface area contributed by atoms with Crippen molar-refractivity contribution in [1.29, 1.82) is 0 Å². The van der Waals surface area contributed by atoms with Crippen LogP contribution in [0.15, 0.2) is 46.1 Å². The second-order valence-corrected chi connectivity index (χ2v) is 5.55. The normalized spacial score (nSPS) is 13.6. The van der Waals surface area contributed by atoms with E-state index in [-0.39, 0.29) is 5.91 Å². The average Bonchev–Trinajstić information content (AvgIpc) is 2.89. The molecule has 0 atom stereocenters. The predicted octanol–water partition coefficient (Wildman–Crippen LogP) is 2.36. The zero-order chi connectivity index (χ0) is 14.8. The van der Waals surface area contributed by atoms with Gasteiger partial charge in [0.15, 0.2) is 5.82 Å². The predicted molar refractivity (Wildman–Crippen MR) is 82.4 cm³/mol. The second-order valence-electron chi connectivity index (χ2n) is 4.58. The Balaban J connectivity index is 1.81. The van der Waals surface area contributed by atoms with Crippen LogP contribution in [-0.4, -0.2) is 20.8 Å². The fourth-order valence-electron chi connectivity index (χ4n) is 2.02. The topological polar surface area (TPSA) is 71.8 Å². The van der Waals surface area contributed by atoms with E-state index in [1.165, 1.54) is 11.8 Å². The molecule has 7 heteroatoms. The van der Waals surface area contributed by atoms with E-state index in [1.807, 2.05) is 48.9 Å². The highest BCUT2D eigenvalue weighted by molar-refractivity contribution is 8.04. The lowest BCUT2D eigenvalue weighted by Crippen LogP contribution is -2.25. The summed E-state index contributed by atoms with van der Waals surface area (Å²) in [5, 5.41) is 11.8. The van der Waals surface area contributed by atoms with E-state index in [4.69, 9.17) is 0 Å². The molecule has 1 aromatic carbocycles. The molecular formula is C14H15N5OS. The molecule has 0 unspecified atom stereocenters. The summed E-state index contributed by atoms with van der Waals surface area (Å²) in [4.78, 5) is 13.0. The van der Waals surface area contributed by atoms with Crippen molar-refractivity contribution in [2.75, 3.05) is 10.7 Å². The first-order valence-corrected chi connectivity index (χ1v) is 7.47. The van der Waals surface area contributed by atoms with Gasteiger partial charge in [-0.2, -0.15) is 0 Å². The van der Waals surface area contributed by atoms with Crippen LogP contribution in [-0.2, 0) is 11.2 Å². The van der Waals surface area contributed by atoms with Gasteiger partial charge in [0.2, 0.25) is 5.16 Å². The maximum atomic E-state index is 12.4. The Kier molecular flexibility index (Phi) is 3.66. The third-order valence-corrected chi connectivity index (χ3v) is 4.21. The molecule has 0 aliphatic carbocycles. The highest BCUT2D eigenvalue weighted by Gasteiger charge is 2.25. The molecule has 6 nitrogen and oxygen atoms in total. The minimum Gasteiger partial charge on any atom is -0.321 e. The number of hydrogen-bond donors (Lipinski definition) is 2. The first kappa shape index (κ1) is 13.7. The average molecular weight is 301 g/mol. The van der Waals surface area contributed by atoms with Crippen molar-refractivity contribution in [3.05, 3.63) is 46.8 Å². The van der Waals surface area contributed by atoms with Crippen LogP contribution in [0.25, 0.3) is 0 Å². The fourth-order valence-corrected chi connectivity index (χ4v) is 2.87. The van der Waals surface area contributed by atoms with Crippen LogP contribution in [0.3, 0.4) is 0 Å². The van der Waals surface area contributed by atoms with Crippen molar-refractivity contribution < 1.29 is 4.79 Å². The van der Waals surface area contributed by atoms with E-state index >= 15 is 0 Å².